The lowest BCUT2D eigenvalue weighted by molar-refractivity contribution is 0.0740. The first-order valence-electron chi connectivity index (χ1n) is 9.93. The standard InChI is InChI=1S/C21H27N5O2/c1-16-22-17(15-20(23-16)25-9-5-6-10-25)21(27)26-13-11-24(12-14-26)18-7-3-4-8-19(18)28-2/h3-4,7-8,15H,5-6,9-14H2,1-2H3. The Balaban J connectivity index is 1.45. The summed E-state index contributed by atoms with van der Waals surface area (Å²) in [6.45, 7) is 6.74. The molecule has 4 rings (SSSR count). The molecule has 0 radical (unpaired) electrons. The molecule has 0 spiro atoms. The van der Waals surface area contributed by atoms with E-state index in [0.29, 0.717) is 24.6 Å². The number of amides is 1. The average Bonchev–Trinajstić information content (AvgIpc) is 3.28. The molecule has 1 amide bonds. The van der Waals surface area contributed by atoms with Crippen molar-refractivity contribution in [1.29, 1.82) is 0 Å². The molecule has 0 aliphatic carbocycles. The van der Waals surface area contributed by atoms with E-state index in [-0.39, 0.29) is 5.91 Å². The number of ether oxygens (including phenoxy) is 1. The van der Waals surface area contributed by atoms with Crippen molar-refractivity contribution in [3.05, 3.63) is 41.9 Å². The van der Waals surface area contributed by atoms with Gasteiger partial charge in [0.05, 0.1) is 12.8 Å². The maximum Gasteiger partial charge on any atom is 0.272 e. The molecule has 0 unspecified atom stereocenters. The minimum atomic E-state index is -0.00868. The van der Waals surface area contributed by atoms with Gasteiger partial charge in [0.15, 0.2) is 0 Å². The van der Waals surface area contributed by atoms with Crippen LogP contribution in [0.4, 0.5) is 11.5 Å². The van der Waals surface area contributed by atoms with Crippen molar-refractivity contribution in [3.63, 3.8) is 0 Å². The third kappa shape index (κ3) is 3.74. The Morgan fingerprint density at radius 3 is 2.39 bits per heavy atom. The van der Waals surface area contributed by atoms with E-state index < -0.39 is 0 Å². The number of aryl methyl sites for hydroxylation is 1. The summed E-state index contributed by atoms with van der Waals surface area (Å²) in [6, 6.07) is 9.87. The Kier molecular flexibility index (Phi) is 5.32. The normalized spacial score (nSPS) is 17.1. The topological polar surface area (TPSA) is 61.8 Å². The van der Waals surface area contributed by atoms with E-state index in [4.69, 9.17) is 4.74 Å². The molecule has 2 aromatic rings. The van der Waals surface area contributed by atoms with E-state index in [0.717, 1.165) is 43.4 Å². The van der Waals surface area contributed by atoms with Crippen molar-refractivity contribution in [2.45, 2.75) is 19.8 Å². The Labute approximate surface area is 165 Å². The largest absolute Gasteiger partial charge is 0.495 e. The van der Waals surface area contributed by atoms with Gasteiger partial charge < -0.3 is 19.4 Å². The van der Waals surface area contributed by atoms with Gasteiger partial charge in [-0.1, -0.05) is 12.1 Å². The number of rotatable bonds is 4. The first-order valence-corrected chi connectivity index (χ1v) is 9.93. The van der Waals surface area contributed by atoms with Crippen LogP contribution in [-0.4, -0.2) is 67.2 Å². The molecular weight excluding hydrogens is 354 g/mol. The molecule has 1 aromatic carbocycles. The summed E-state index contributed by atoms with van der Waals surface area (Å²) in [5.41, 5.74) is 1.58. The van der Waals surface area contributed by atoms with E-state index in [1.165, 1.54) is 12.8 Å². The third-order valence-corrected chi connectivity index (χ3v) is 5.47. The molecule has 3 heterocycles. The van der Waals surface area contributed by atoms with Crippen molar-refractivity contribution in [2.75, 3.05) is 56.2 Å². The number of piperazine rings is 1. The SMILES string of the molecule is COc1ccccc1N1CCN(C(=O)c2cc(N3CCCC3)nc(C)n2)CC1. The lowest BCUT2D eigenvalue weighted by Gasteiger charge is -2.36. The molecule has 2 aliphatic rings. The number of nitrogens with zero attached hydrogens (tertiary/aromatic N) is 5. The second kappa shape index (κ2) is 8.04. The van der Waals surface area contributed by atoms with Gasteiger partial charge in [0.25, 0.3) is 5.91 Å². The minimum absolute atomic E-state index is 0.00868. The summed E-state index contributed by atoms with van der Waals surface area (Å²) < 4.78 is 5.47. The lowest BCUT2D eigenvalue weighted by Crippen LogP contribution is -2.49. The summed E-state index contributed by atoms with van der Waals surface area (Å²) in [5, 5.41) is 0. The zero-order valence-corrected chi connectivity index (χ0v) is 16.6. The third-order valence-electron chi connectivity index (χ3n) is 5.47. The van der Waals surface area contributed by atoms with Crippen molar-refractivity contribution in [2.24, 2.45) is 0 Å². The second-order valence-electron chi connectivity index (χ2n) is 7.30. The molecule has 0 bridgehead atoms. The Morgan fingerprint density at radius 2 is 1.68 bits per heavy atom. The smallest absolute Gasteiger partial charge is 0.272 e. The molecule has 0 saturated carbocycles. The van der Waals surface area contributed by atoms with Crippen LogP contribution in [0, 0.1) is 6.92 Å². The van der Waals surface area contributed by atoms with Gasteiger partial charge in [-0.15, -0.1) is 0 Å². The van der Waals surface area contributed by atoms with E-state index in [2.05, 4.69) is 25.8 Å². The van der Waals surface area contributed by atoms with Crippen LogP contribution >= 0.6 is 0 Å². The van der Waals surface area contributed by atoms with Crippen molar-refractivity contribution >= 4 is 17.4 Å². The van der Waals surface area contributed by atoms with Crippen molar-refractivity contribution < 1.29 is 9.53 Å². The van der Waals surface area contributed by atoms with E-state index >= 15 is 0 Å². The molecule has 28 heavy (non-hydrogen) atoms. The van der Waals surface area contributed by atoms with Crippen LogP contribution in [0.15, 0.2) is 30.3 Å². The fourth-order valence-corrected chi connectivity index (χ4v) is 3.97. The average molecular weight is 381 g/mol. The molecule has 2 fully saturated rings. The Morgan fingerprint density at radius 1 is 0.964 bits per heavy atom. The van der Waals surface area contributed by atoms with Gasteiger partial charge in [-0.25, -0.2) is 9.97 Å². The maximum atomic E-state index is 13.1. The van der Waals surface area contributed by atoms with Crippen LogP contribution in [-0.2, 0) is 0 Å². The number of carbonyl (C=O) groups excluding carboxylic acids is 1. The monoisotopic (exact) mass is 381 g/mol. The summed E-state index contributed by atoms with van der Waals surface area (Å²) in [6.07, 6.45) is 2.36. The molecule has 1 aromatic heterocycles. The Hall–Kier alpha value is -2.83. The zero-order valence-electron chi connectivity index (χ0n) is 16.6. The number of benzene rings is 1. The van der Waals surface area contributed by atoms with Crippen LogP contribution in [0.5, 0.6) is 5.75 Å². The van der Waals surface area contributed by atoms with Crippen molar-refractivity contribution in [3.8, 4) is 5.75 Å². The molecule has 0 atom stereocenters. The number of para-hydroxylation sites is 2. The van der Waals surface area contributed by atoms with E-state index in [9.17, 15) is 4.79 Å². The Bertz CT molecular complexity index is 842. The molecular formula is C21H27N5O2. The highest BCUT2D eigenvalue weighted by Gasteiger charge is 2.26. The predicted molar refractivity (Wildman–Crippen MR) is 109 cm³/mol. The highest BCUT2D eigenvalue weighted by molar-refractivity contribution is 5.93. The van der Waals surface area contributed by atoms with Crippen LogP contribution < -0.4 is 14.5 Å². The maximum absolute atomic E-state index is 13.1. The predicted octanol–water partition coefficient (Wildman–Crippen LogP) is 2.36. The summed E-state index contributed by atoms with van der Waals surface area (Å²) in [5.74, 6) is 2.39. The summed E-state index contributed by atoms with van der Waals surface area (Å²) in [4.78, 5) is 28.4. The molecule has 0 N–H and O–H groups in total. The van der Waals surface area contributed by atoms with Crippen LogP contribution in [0.2, 0.25) is 0 Å². The van der Waals surface area contributed by atoms with Gasteiger partial charge >= 0.3 is 0 Å². The summed E-state index contributed by atoms with van der Waals surface area (Å²) >= 11 is 0. The second-order valence-corrected chi connectivity index (χ2v) is 7.30. The van der Waals surface area contributed by atoms with Crippen LogP contribution in [0.1, 0.15) is 29.2 Å². The minimum Gasteiger partial charge on any atom is -0.495 e. The van der Waals surface area contributed by atoms with Gasteiger partial charge in [-0.3, -0.25) is 4.79 Å². The quantitative estimate of drug-likeness (QED) is 0.810. The molecule has 7 heteroatoms. The van der Waals surface area contributed by atoms with Gasteiger partial charge in [0.1, 0.15) is 23.1 Å². The van der Waals surface area contributed by atoms with Gasteiger partial charge in [-0.2, -0.15) is 0 Å². The number of aromatic nitrogens is 2. The van der Waals surface area contributed by atoms with Gasteiger partial charge in [0, 0.05) is 45.3 Å². The molecule has 148 valence electrons. The number of carbonyl (C=O) groups is 1. The number of methoxy groups -OCH3 is 1. The van der Waals surface area contributed by atoms with Gasteiger partial charge in [-0.05, 0) is 31.9 Å². The fraction of sp³-hybridized carbons (Fsp3) is 0.476. The van der Waals surface area contributed by atoms with Crippen LogP contribution in [0.25, 0.3) is 0 Å². The molecule has 7 nitrogen and oxygen atoms in total. The first-order chi connectivity index (χ1) is 13.7. The van der Waals surface area contributed by atoms with E-state index in [1.807, 2.05) is 36.1 Å². The highest BCUT2D eigenvalue weighted by atomic mass is 16.5. The summed E-state index contributed by atoms with van der Waals surface area (Å²) in [7, 11) is 1.69. The highest BCUT2D eigenvalue weighted by Crippen LogP contribution is 2.28. The lowest BCUT2D eigenvalue weighted by atomic mass is 10.2. The van der Waals surface area contributed by atoms with E-state index in [1.54, 1.807) is 7.11 Å². The zero-order chi connectivity index (χ0) is 19.5. The molecule has 2 aliphatic heterocycles. The van der Waals surface area contributed by atoms with Crippen molar-refractivity contribution in [1.82, 2.24) is 14.9 Å². The number of anilines is 2. The number of hydrogen-bond acceptors (Lipinski definition) is 6. The fourth-order valence-electron chi connectivity index (χ4n) is 3.97. The molecule has 2 saturated heterocycles. The van der Waals surface area contributed by atoms with Gasteiger partial charge in [0.2, 0.25) is 0 Å². The number of hydrogen-bond donors (Lipinski definition) is 0. The first kappa shape index (κ1) is 18.5. The van der Waals surface area contributed by atoms with Crippen LogP contribution in [0.3, 0.4) is 0 Å².